The van der Waals surface area contributed by atoms with Gasteiger partial charge in [-0.1, -0.05) is 69.3 Å². The molecule has 2 aromatic heterocycles. The van der Waals surface area contributed by atoms with E-state index in [0.717, 1.165) is 5.56 Å². The first-order valence-electron chi connectivity index (χ1n) is 10.3. The van der Waals surface area contributed by atoms with E-state index in [1.54, 1.807) is 18.2 Å². The minimum atomic E-state index is -0.615. The number of fused-ring (bicyclic) bond motifs is 1. The minimum Gasteiger partial charge on any atom is -0.421 e. The maximum absolute atomic E-state index is 14.5. The van der Waals surface area contributed by atoms with Crippen molar-refractivity contribution in [1.82, 2.24) is 14.5 Å². The van der Waals surface area contributed by atoms with Crippen LogP contribution in [0.1, 0.15) is 26.7 Å². The van der Waals surface area contributed by atoms with Crippen molar-refractivity contribution in [3.05, 3.63) is 90.3 Å². The Bertz CT molecular complexity index is 1410. The van der Waals surface area contributed by atoms with Crippen LogP contribution in [-0.2, 0) is 5.41 Å². The second kappa shape index (κ2) is 7.41. The zero-order valence-corrected chi connectivity index (χ0v) is 17.9. The summed E-state index contributed by atoms with van der Waals surface area (Å²) in [6.07, 6.45) is 0. The summed E-state index contributed by atoms with van der Waals surface area (Å²) in [5.74, 6) is -0.0232. The highest BCUT2D eigenvalue weighted by Crippen LogP contribution is 2.34. The van der Waals surface area contributed by atoms with Crippen LogP contribution in [0.15, 0.2) is 77.2 Å². The lowest BCUT2D eigenvalue weighted by molar-refractivity contribution is 0.404. The van der Waals surface area contributed by atoms with Crippen molar-refractivity contribution >= 4 is 11.4 Å². The minimum absolute atomic E-state index is 0.0695. The van der Waals surface area contributed by atoms with E-state index in [-0.39, 0.29) is 11.0 Å². The molecule has 0 saturated carbocycles. The predicted molar refractivity (Wildman–Crippen MR) is 121 cm³/mol. The Balaban J connectivity index is 1.77. The summed E-state index contributed by atoms with van der Waals surface area (Å²) in [5, 5.41) is 0. The number of hydrogen-bond acceptors (Lipinski definition) is 3. The third-order valence-electron chi connectivity index (χ3n) is 5.25. The zero-order valence-electron chi connectivity index (χ0n) is 17.9. The fourth-order valence-electron chi connectivity index (χ4n) is 3.68. The molecule has 0 fully saturated rings. The van der Waals surface area contributed by atoms with Gasteiger partial charge in [0, 0.05) is 11.0 Å². The zero-order chi connectivity index (χ0) is 22.5. The molecule has 0 amide bonds. The second-order valence-corrected chi connectivity index (χ2v) is 8.68. The average Bonchev–Trinajstić information content (AvgIpc) is 3.33. The van der Waals surface area contributed by atoms with Gasteiger partial charge in [0.2, 0.25) is 11.5 Å². The topological polar surface area (TPSA) is 43.9 Å². The average molecular weight is 429 g/mol. The van der Waals surface area contributed by atoms with E-state index in [1.807, 2.05) is 61.7 Å². The van der Waals surface area contributed by atoms with Crippen LogP contribution in [0.3, 0.4) is 0 Å². The highest BCUT2D eigenvalue weighted by atomic mass is 19.1. The molecule has 0 aliphatic heterocycles. The summed E-state index contributed by atoms with van der Waals surface area (Å²) in [4.78, 5) is 9.35. The van der Waals surface area contributed by atoms with E-state index in [2.05, 4.69) is 4.98 Å². The summed E-state index contributed by atoms with van der Waals surface area (Å²) < 4.78 is 36.9. The van der Waals surface area contributed by atoms with E-state index in [9.17, 15) is 8.78 Å². The van der Waals surface area contributed by atoms with Gasteiger partial charge < -0.3 is 4.42 Å². The first-order valence-corrected chi connectivity index (χ1v) is 10.3. The molecule has 5 aromatic rings. The summed E-state index contributed by atoms with van der Waals surface area (Å²) >= 11 is 0. The van der Waals surface area contributed by atoms with Gasteiger partial charge in [-0.05, 0) is 29.8 Å². The molecule has 0 aliphatic carbocycles. The van der Waals surface area contributed by atoms with Crippen LogP contribution < -0.4 is 0 Å². The molecule has 4 nitrogen and oxygen atoms in total. The van der Waals surface area contributed by atoms with E-state index in [1.165, 1.54) is 18.2 Å². The van der Waals surface area contributed by atoms with Gasteiger partial charge in [-0.2, -0.15) is 4.98 Å². The molecule has 2 heterocycles. The number of hydrogen-bond donors (Lipinski definition) is 0. The standard InChI is InChI=1S/C26H21F2N3O/c1-26(2,3)25-30-22-24(32-25)31(23(29-22)16-9-5-4-6-10-16)18-12-7-11-17(15-18)21-19(27)13-8-14-20(21)28/h4-15H,1-3H3. The van der Waals surface area contributed by atoms with Crippen LogP contribution in [0.2, 0.25) is 0 Å². The number of halogens is 2. The molecule has 0 unspecified atom stereocenters. The van der Waals surface area contributed by atoms with Gasteiger partial charge in [0.1, 0.15) is 17.5 Å². The summed E-state index contributed by atoms with van der Waals surface area (Å²) in [5.41, 5.74) is 2.57. The quantitative estimate of drug-likeness (QED) is 0.313. The van der Waals surface area contributed by atoms with E-state index in [0.29, 0.717) is 34.3 Å². The molecule has 6 heteroatoms. The van der Waals surface area contributed by atoms with Crippen molar-refractivity contribution in [2.75, 3.05) is 0 Å². The van der Waals surface area contributed by atoms with Crippen LogP contribution in [-0.4, -0.2) is 14.5 Å². The number of imidazole rings is 1. The van der Waals surface area contributed by atoms with E-state index < -0.39 is 11.6 Å². The van der Waals surface area contributed by atoms with Gasteiger partial charge in [-0.3, -0.25) is 4.57 Å². The lowest BCUT2D eigenvalue weighted by Gasteiger charge is -2.13. The number of rotatable bonds is 3. The van der Waals surface area contributed by atoms with Crippen molar-refractivity contribution in [3.63, 3.8) is 0 Å². The number of nitrogens with zero attached hydrogens (tertiary/aromatic N) is 3. The van der Waals surface area contributed by atoms with Gasteiger partial charge >= 0.3 is 0 Å². The third kappa shape index (κ3) is 3.38. The normalized spacial score (nSPS) is 11.9. The molecule has 32 heavy (non-hydrogen) atoms. The summed E-state index contributed by atoms with van der Waals surface area (Å²) in [6, 6.07) is 20.6. The molecule has 0 saturated heterocycles. The van der Waals surface area contributed by atoms with Gasteiger partial charge in [0.25, 0.3) is 5.71 Å². The predicted octanol–water partition coefficient (Wildman–Crippen LogP) is 6.92. The van der Waals surface area contributed by atoms with Crippen molar-refractivity contribution in [2.45, 2.75) is 26.2 Å². The van der Waals surface area contributed by atoms with Crippen LogP contribution in [0.5, 0.6) is 0 Å². The molecule has 5 rings (SSSR count). The molecule has 160 valence electrons. The maximum atomic E-state index is 14.5. The Morgan fingerprint density at radius 3 is 2.12 bits per heavy atom. The van der Waals surface area contributed by atoms with Crippen LogP contribution >= 0.6 is 0 Å². The third-order valence-corrected chi connectivity index (χ3v) is 5.25. The fourth-order valence-corrected chi connectivity index (χ4v) is 3.68. The Morgan fingerprint density at radius 1 is 0.781 bits per heavy atom. The van der Waals surface area contributed by atoms with Gasteiger partial charge in [-0.25, -0.2) is 13.8 Å². The van der Waals surface area contributed by atoms with Gasteiger partial charge in [0.15, 0.2) is 0 Å². The molecule has 3 aromatic carbocycles. The van der Waals surface area contributed by atoms with E-state index in [4.69, 9.17) is 9.40 Å². The lowest BCUT2D eigenvalue weighted by Crippen LogP contribution is -2.11. The molecule has 0 spiro atoms. The second-order valence-electron chi connectivity index (χ2n) is 8.68. The molecule has 0 aliphatic rings. The molecule has 0 bridgehead atoms. The van der Waals surface area contributed by atoms with Gasteiger partial charge in [0.05, 0.1) is 11.3 Å². The van der Waals surface area contributed by atoms with Crippen LogP contribution in [0, 0.1) is 11.6 Å². The lowest BCUT2D eigenvalue weighted by atomic mass is 9.97. The SMILES string of the molecule is CC(C)(C)c1nc2nc(-c3ccccc3)n(-c3cccc(-c4c(F)cccc4F)c3)c2o1. The Morgan fingerprint density at radius 2 is 1.44 bits per heavy atom. The van der Waals surface area contributed by atoms with Crippen molar-refractivity contribution in [1.29, 1.82) is 0 Å². The maximum Gasteiger partial charge on any atom is 0.253 e. The highest BCUT2D eigenvalue weighted by Gasteiger charge is 2.26. The Hall–Kier alpha value is -3.80. The Labute approximate surface area is 184 Å². The van der Waals surface area contributed by atoms with Crippen LogP contribution in [0.4, 0.5) is 8.78 Å². The van der Waals surface area contributed by atoms with E-state index >= 15 is 0 Å². The largest absolute Gasteiger partial charge is 0.421 e. The molecular weight excluding hydrogens is 408 g/mol. The van der Waals surface area contributed by atoms with Crippen molar-refractivity contribution in [3.8, 4) is 28.2 Å². The van der Waals surface area contributed by atoms with Crippen molar-refractivity contribution < 1.29 is 13.2 Å². The fraction of sp³-hybridized carbons (Fsp3) is 0.154. The monoisotopic (exact) mass is 429 g/mol. The number of oxazole rings is 1. The van der Waals surface area contributed by atoms with Gasteiger partial charge in [-0.15, -0.1) is 0 Å². The molecule has 0 atom stereocenters. The summed E-state index contributed by atoms with van der Waals surface area (Å²) in [6.45, 7) is 6.05. The molecular formula is C26H21F2N3O. The first kappa shape index (κ1) is 20.1. The molecule has 0 N–H and O–H groups in total. The van der Waals surface area contributed by atoms with Crippen molar-refractivity contribution in [2.24, 2.45) is 0 Å². The number of benzene rings is 3. The Kier molecular flexibility index (Phi) is 4.66. The highest BCUT2D eigenvalue weighted by molar-refractivity contribution is 5.77. The summed E-state index contributed by atoms with van der Waals surface area (Å²) in [7, 11) is 0. The van der Waals surface area contributed by atoms with Crippen LogP contribution in [0.25, 0.3) is 39.6 Å². The molecule has 0 radical (unpaired) electrons. The number of aromatic nitrogens is 3. The first-order chi connectivity index (χ1) is 15.3. The smallest absolute Gasteiger partial charge is 0.253 e.